The van der Waals surface area contributed by atoms with Gasteiger partial charge in [0, 0.05) is 25.3 Å². The molecule has 2 N–H and O–H groups in total. The van der Waals surface area contributed by atoms with Gasteiger partial charge >= 0.3 is 6.09 Å². The van der Waals surface area contributed by atoms with Crippen LogP contribution in [0.5, 0.6) is 5.75 Å². The molecule has 6 heteroatoms. The average molecular weight is 348 g/mol. The molecule has 1 aromatic rings. The van der Waals surface area contributed by atoms with Gasteiger partial charge in [-0.05, 0) is 51.7 Å². The second-order valence-corrected chi connectivity index (χ2v) is 7.69. The van der Waals surface area contributed by atoms with Gasteiger partial charge in [-0.3, -0.25) is 10.1 Å². The Labute approximate surface area is 149 Å². The van der Waals surface area contributed by atoms with Crippen molar-refractivity contribution in [2.75, 3.05) is 18.9 Å². The lowest BCUT2D eigenvalue weighted by Gasteiger charge is -2.22. The molecule has 0 radical (unpaired) electrons. The summed E-state index contributed by atoms with van der Waals surface area (Å²) in [7, 11) is 1.76. The molecule has 25 heavy (non-hydrogen) atoms. The Balaban J connectivity index is 2.00. The Bertz CT molecular complexity index is 631. The summed E-state index contributed by atoms with van der Waals surface area (Å²) >= 11 is 0. The second-order valence-electron chi connectivity index (χ2n) is 7.69. The van der Waals surface area contributed by atoms with E-state index in [9.17, 15) is 14.7 Å². The van der Waals surface area contributed by atoms with Crippen LogP contribution in [0.3, 0.4) is 0 Å². The molecule has 1 fully saturated rings. The van der Waals surface area contributed by atoms with Crippen LogP contribution in [0.4, 0.5) is 10.5 Å². The highest BCUT2D eigenvalue weighted by atomic mass is 16.6. The van der Waals surface area contributed by atoms with E-state index in [1.807, 2.05) is 0 Å². The van der Waals surface area contributed by atoms with Gasteiger partial charge < -0.3 is 14.7 Å². The molecule has 0 aliphatic heterocycles. The molecule has 2 rings (SSSR count). The van der Waals surface area contributed by atoms with Crippen molar-refractivity contribution in [1.29, 1.82) is 0 Å². The highest BCUT2D eigenvalue weighted by Gasteiger charge is 2.22. The van der Waals surface area contributed by atoms with E-state index < -0.39 is 11.7 Å². The van der Waals surface area contributed by atoms with Crippen molar-refractivity contribution in [3.05, 3.63) is 23.8 Å². The van der Waals surface area contributed by atoms with Crippen LogP contribution in [0.15, 0.2) is 18.2 Å². The SMILES string of the molecule is CN(CC1CCCC1)C(=O)c1ccc(NC(=O)OC(C)(C)C)cc1O. The topological polar surface area (TPSA) is 78.9 Å². The fourth-order valence-corrected chi connectivity index (χ4v) is 3.08. The fraction of sp³-hybridized carbons (Fsp3) is 0.579. The first-order chi connectivity index (χ1) is 11.7. The number of nitrogens with zero attached hydrogens (tertiary/aromatic N) is 1. The van der Waals surface area contributed by atoms with E-state index in [1.54, 1.807) is 38.8 Å². The predicted octanol–water partition coefficient (Wildman–Crippen LogP) is 4.00. The number of ether oxygens (including phenoxy) is 1. The van der Waals surface area contributed by atoms with Crippen LogP contribution in [0.25, 0.3) is 0 Å². The summed E-state index contributed by atoms with van der Waals surface area (Å²) in [5.74, 6) is 0.175. The van der Waals surface area contributed by atoms with Crippen LogP contribution in [0.1, 0.15) is 56.8 Å². The number of nitrogens with one attached hydrogen (secondary N) is 1. The molecule has 0 saturated heterocycles. The molecule has 0 aromatic heterocycles. The molecule has 1 aliphatic carbocycles. The van der Waals surface area contributed by atoms with Gasteiger partial charge in [0.25, 0.3) is 5.91 Å². The molecule has 1 aliphatic rings. The number of phenols is 1. The Morgan fingerprint density at radius 1 is 1.28 bits per heavy atom. The average Bonchev–Trinajstić information content (AvgIpc) is 2.97. The van der Waals surface area contributed by atoms with Crippen molar-refractivity contribution in [2.45, 2.75) is 52.1 Å². The minimum absolute atomic E-state index is 0.156. The van der Waals surface area contributed by atoms with Gasteiger partial charge in [-0.1, -0.05) is 12.8 Å². The lowest BCUT2D eigenvalue weighted by atomic mass is 10.1. The number of benzene rings is 1. The van der Waals surface area contributed by atoms with E-state index in [0.717, 1.165) is 12.8 Å². The Kier molecular flexibility index (Phi) is 5.93. The minimum atomic E-state index is -0.607. The number of anilines is 1. The van der Waals surface area contributed by atoms with E-state index in [4.69, 9.17) is 4.74 Å². The summed E-state index contributed by atoms with van der Waals surface area (Å²) in [4.78, 5) is 26.0. The predicted molar refractivity (Wildman–Crippen MR) is 96.9 cm³/mol. The zero-order chi connectivity index (χ0) is 18.6. The van der Waals surface area contributed by atoms with Crippen molar-refractivity contribution in [2.24, 2.45) is 5.92 Å². The normalized spacial score (nSPS) is 15.0. The van der Waals surface area contributed by atoms with Gasteiger partial charge in [-0.2, -0.15) is 0 Å². The standard InChI is InChI=1S/C19H28N2O4/c1-19(2,3)25-18(24)20-14-9-10-15(16(22)11-14)17(23)21(4)12-13-7-5-6-8-13/h9-11,13,22H,5-8,12H2,1-4H3,(H,20,24). The van der Waals surface area contributed by atoms with Crippen molar-refractivity contribution >= 4 is 17.7 Å². The summed E-state index contributed by atoms with van der Waals surface area (Å²) in [5, 5.41) is 12.7. The lowest BCUT2D eigenvalue weighted by Crippen LogP contribution is -2.31. The molecule has 6 nitrogen and oxygen atoms in total. The molecule has 0 unspecified atom stereocenters. The van der Waals surface area contributed by atoms with Crippen molar-refractivity contribution < 1.29 is 19.4 Å². The molecule has 0 atom stereocenters. The number of carbonyl (C=O) groups excluding carboxylic acids is 2. The van der Waals surface area contributed by atoms with Crippen LogP contribution in [0.2, 0.25) is 0 Å². The molecule has 0 bridgehead atoms. The summed E-state index contributed by atoms with van der Waals surface area (Å²) in [6.07, 6.45) is 4.15. The zero-order valence-corrected chi connectivity index (χ0v) is 15.5. The summed E-state index contributed by atoms with van der Waals surface area (Å²) < 4.78 is 5.16. The number of phenolic OH excluding ortho intramolecular Hbond substituents is 1. The quantitative estimate of drug-likeness (QED) is 0.862. The highest BCUT2D eigenvalue weighted by Crippen LogP contribution is 2.27. The van der Waals surface area contributed by atoms with Gasteiger partial charge in [0.2, 0.25) is 0 Å². The van der Waals surface area contributed by atoms with Gasteiger partial charge in [-0.15, -0.1) is 0 Å². The van der Waals surface area contributed by atoms with Gasteiger partial charge in [0.15, 0.2) is 0 Å². The van der Waals surface area contributed by atoms with Gasteiger partial charge in [-0.25, -0.2) is 4.79 Å². The first kappa shape index (κ1) is 19.1. The van der Waals surface area contributed by atoms with Crippen molar-refractivity contribution in [3.8, 4) is 5.75 Å². The summed E-state index contributed by atoms with van der Waals surface area (Å²) in [6.45, 7) is 6.01. The monoisotopic (exact) mass is 348 g/mol. The second kappa shape index (κ2) is 7.76. The molecule has 0 spiro atoms. The van der Waals surface area contributed by atoms with Crippen molar-refractivity contribution in [1.82, 2.24) is 4.90 Å². The van der Waals surface area contributed by atoms with Gasteiger partial charge in [0.1, 0.15) is 11.4 Å². The van der Waals surface area contributed by atoms with E-state index >= 15 is 0 Å². The molecule has 2 amide bonds. The van der Waals surface area contributed by atoms with Crippen LogP contribution in [0, 0.1) is 5.92 Å². The third kappa shape index (κ3) is 5.66. The smallest absolute Gasteiger partial charge is 0.412 e. The maximum atomic E-state index is 12.5. The van der Waals surface area contributed by atoms with E-state index in [1.165, 1.54) is 25.0 Å². The molecule has 0 heterocycles. The van der Waals surface area contributed by atoms with Crippen molar-refractivity contribution in [3.63, 3.8) is 0 Å². The highest BCUT2D eigenvalue weighted by molar-refractivity contribution is 5.97. The fourth-order valence-electron chi connectivity index (χ4n) is 3.08. The van der Waals surface area contributed by atoms with Crippen LogP contribution >= 0.6 is 0 Å². The number of hydrogen-bond donors (Lipinski definition) is 2. The molecular weight excluding hydrogens is 320 g/mol. The number of amides is 2. The van der Waals surface area contributed by atoms with Crippen LogP contribution in [-0.4, -0.2) is 41.2 Å². The summed E-state index contributed by atoms with van der Waals surface area (Å²) in [5.41, 5.74) is 0.00215. The number of aromatic hydroxyl groups is 1. The van der Waals surface area contributed by atoms with Gasteiger partial charge in [0.05, 0.1) is 5.56 Å². The lowest BCUT2D eigenvalue weighted by molar-refractivity contribution is 0.0635. The van der Waals surface area contributed by atoms with E-state index in [-0.39, 0.29) is 17.2 Å². The summed E-state index contributed by atoms with van der Waals surface area (Å²) in [6, 6.07) is 4.47. The van der Waals surface area contributed by atoms with E-state index in [2.05, 4.69) is 5.32 Å². The zero-order valence-electron chi connectivity index (χ0n) is 15.5. The van der Waals surface area contributed by atoms with Crippen LogP contribution < -0.4 is 5.32 Å². The molecule has 1 saturated carbocycles. The molecular formula is C19H28N2O4. The maximum Gasteiger partial charge on any atom is 0.412 e. The van der Waals surface area contributed by atoms with Crippen LogP contribution in [-0.2, 0) is 4.74 Å². The number of carbonyl (C=O) groups is 2. The first-order valence-electron chi connectivity index (χ1n) is 8.74. The Morgan fingerprint density at radius 2 is 1.92 bits per heavy atom. The third-order valence-electron chi connectivity index (χ3n) is 4.23. The Hall–Kier alpha value is -2.24. The minimum Gasteiger partial charge on any atom is -0.507 e. The third-order valence-corrected chi connectivity index (χ3v) is 4.23. The number of rotatable bonds is 4. The number of hydrogen-bond acceptors (Lipinski definition) is 4. The van der Waals surface area contributed by atoms with E-state index in [0.29, 0.717) is 18.2 Å². The largest absolute Gasteiger partial charge is 0.507 e. The molecule has 138 valence electrons. The maximum absolute atomic E-state index is 12.5. The Morgan fingerprint density at radius 3 is 2.48 bits per heavy atom. The first-order valence-corrected chi connectivity index (χ1v) is 8.74. The molecule has 1 aromatic carbocycles.